The van der Waals surface area contributed by atoms with Crippen LogP contribution in [0, 0.1) is 11.3 Å². The second-order valence-corrected chi connectivity index (χ2v) is 9.12. The molecular weight excluding hydrogens is 416 g/mol. The van der Waals surface area contributed by atoms with E-state index in [0.29, 0.717) is 43.7 Å². The maximum absolute atomic E-state index is 13.5. The van der Waals surface area contributed by atoms with Crippen LogP contribution >= 0.6 is 0 Å². The topological polar surface area (TPSA) is 86.5 Å². The third-order valence-electron chi connectivity index (χ3n) is 5.49. The van der Waals surface area contributed by atoms with Gasteiger partial charge >= 0.3 is 6.09 Å². The number of hydrogen-bond donors (Lipinski definition) is 0. The van der Waals surface area contributed by atoms with E-state index < -0.39 is 5.60 Å². The zero-order chi connectivity index (χ0) is 24.0. The number of likely N-dealkylation sites (tertiary alicyclic amines) is 1. The molecule has 1 saturated heterocycles. The van der Waals surface area contributed by atoms with Crippen LogP contribution in [0.3, 0.4) is 0 Å². The van der Waals surface area contributed by atoms with Gasteiger partial charge in [0.15, 0.2) is 0 Å². The monoisotopic (exact) mass is 446 g/mol. The number of hydrogen-bond acceptors (Lipinski definition) is 5. The van der Waals surface area contributed by atoms with E-state index >= 15 is 0 Å². The summed E-state index contributed by atoms with van der Waals surface area (Å²) in [6.07, 6.45) is 4.28. The van der Waals surface area contributed by atoms with Crippen molar-refractivity contribution >= 4 is 18.1 Å². The first kappa shape index (κ1) is 24.0. The minimum absolute atomic E-state index is 0.0484. The molecule has 0 saturated carbocycles. The lowest BCUT2D eigenvalue weighted by atomic mass is 10.0. The highest BCUT2D eigenvalue weighted by molar-refractivity contribution is 5.92. The van der Waals surface area contributed by atoms with Gasteiger partial charge in [-0.3, -0.25) is 9.78 Å². The summed E-state index contributed by atoms with van der Waals surface area (Å²) in [6, 6.07) is 12.8. The number of carbonyl (C=O) groups excluding carboxylic acids is 2. The van der Waals surface area contributed by atoms with Crippen LogP contribution in [0.25, 0.3) is 6.08 Å². The largest absolute Gasteiger partial charge is 0.444 e. The first-order valence-corrected chi connectivity index (χ1v) is 11.1. The number of pyridine rings is 1. The van der Waals surface area contributed by atoms with Crippen LogP contribution in [0.15, 0.2) is 49.2 Å². The Morgan fingerprint density at radius 3 is 2.39 bits per heavy atom. The van der Waals surface area contributed by atoms with E-state index in [1.54, 1.807) is 35.4 Å². The first-order chi connectivity index (χ1) is 15.7. The Morgan fingerprint density at radius 2 is 1.88 bits per heavy atom. The van der Waals surface area contributed by atoms with E-state index in [2.05, 4.69) is 17.6 Å². The van der Waals surface area contributed by atoms with Crippen LogP contribution in [0.1, 0.15) is 60.8 Å². The Kier molecular flexibility index (Phi) is 7.49. The Morgan fingerprint density at radius 1 is 1.21 bits per heavy atom. The average Bonchev–Trinajstić information content (AvgIpc) is 2.81. The maximum atomic E-state index is 13.5. The van der Waals surface area contributed by atoms with Gasteiger partial charge in [-0.2, -0.15) is 5.26 Å². The zero-order valence-electron chi connectivity index (χ0n) is 19.5. The molecule has 0 radical (unpaired) electrons. The molecular formula is C26H30N4O3. The maximum Gasteiger partial charge on any atom is 0.410 e. The lowest BCUT2D eigenvalue weighted by Gasteiger charge is -2.39. The highest BCUT2D eigenvalue weighted by Crippen LogP contribution is 2.23. The Hall–Kier alpha value is -3.66. The van der Waals surface area contributed by atoms with E-state index in [-0.39, 0.29) is 18.0 Å². The van der Waals surface area contributed by atoms with Gasteiger partial charge in [0.05, 0.1) is 11.6 Å². The van der Waals surface area contributed by atoms with Crippen molar-refractivity contribution in [1.82, 2.24) is 14.8 Å². The third-order valence-corrected chi connectivity index (χ3v) is 5.49. The highest BCUT2D eigenvalue weighted by Gasteiger charge is 2.32. The molecule has 0 atom stereocenters. The predicted molar refractivity (Wildman–Crippen MR) is 126 cm³/mol. The van der Waals surface area contributed by atoms with E-state index in [9.17, 15) is 9.59 Å². The highest BCUT2D eigenvalue weighted by atomic mass is 16.6. The fourth-order valence-electron chi connectivity index (χ4n) is 3.73. The van der Waals surface area contributed by atoms with Crippen molar-refractivity contribution in [3.05, 3.63) is 71.6 Å². The van der Waals surface area contributed by atoms with Crippen LogP contribution in [-0.4, -0.2) is 51.5 Å². The van der Waals surface area contributed by atoms with E-state index in [1.165, 1.54) is 0 Å². The SMILES string of the molecule is C=Cc1ccc(C(=O)N(Cc2ccc(C#N)cc2)C2CCN(C(=O)OC(C)(C)C)CC2)nc1. The van der Waals surface area contributed by atoms with Gasteiger partial charge < -0.3 is 14.5 Å². The zero-order valence-corrected chi connectivity index (χ0v) is 19.5. The summed E-state index contributed by atoms with van der Waals surface area (Å²) in [5, 5.41) is 9.06. The summed E-state index contributed by atoms with van der Waals surface area (Å²) in [7, 11) is 0. The molecule has 2 heterocycles. The number of rotatable bonds is 5. The van der Waals surface area contributed by atoms with Gasteiger partial charge in [-0.15, -0.1) is 0 Å². The quantitative estimate of drug-likeness (QED) is 0.668. The minimum Gasteiger partial charge on any atom is -0.444 e. The van der Waals surface area contributed by atoms with Crippen LogP contribution in [-0.2, 0) is 11.3 Å². The molecule has 33 heavy (non-hydrogen) atoms. The molecule has 172 valence electrons. The van der Waals surface area contributed by atoms with Crippen molar-refractivity contribution in [2.45, 2.75) is 51.8 Å². The van der Waals surface area contributed by atoms with Gasteiger partial charge in [0.2, 0.25) is 0 Å². The van der Waals surface area contributed by atoms with Crippen LogP contribution in [0.5, 0.6) is 0 Å². The molecule has 7 heteroatoms. The number of ether oxygens (including phenoxy) is 1. The molecule has 1 fully saturated rings. The number of piperidine rings is 1. The summed E-state index contributed by atoms with van der Waals surface area (Å²) in [6.45, 7) is 10.7. The number of nitriles is 1. The average molecular weight is 447 g/mol. The molecule has 0 spiro atoms. The molecule has 3 rings (SSSR count). The summed E-state index contributed by atoms with van der Waals surface area (Å²) in [4.78, 5) is 33.7. The molecule has 2 aromatic rings. The van der Waals surface area contributed by atoms with Gasteiger partial charge in [0.1, 0.15) is 11.3 Å². The summed E-state index contributed by atoms with van der Waals surface area (Å²) >= 11 is 0. The van der Waals surface area contributed by atoms with E-state index in [4.69, 9.17) is 10.00 Å². The summed E-state index contributed by atoms with van der Waals surface area (Å²) in [5.74, 6) is -0.161. The Bertz CT molecular complexity index is 1030. The number of nitrogens with zero attached hydrogens (tertiary/aromatic N) is 4. The fourth-order valence-corrected chi connectivity index (χ4v) is 3.73. The van der Waals surface area contributed by atoms with Crippen molar-refractivity contribution < 1.29 is 14.3 Å². The van der Waals surface area contributed by atoms with Crippen LogP contribution < -0.4 is 0 Å². The number of benzene rings is 1. The lowest BCUT2D eigenvalue weighted by molar-refractivity contribution is 0.0141. The van der Waals surface area contributed by atoms with Gasteiger partial charge in [-0.05, 0) is 62.9 Å². The third kappa shape index (κ3) is 6.42. The van der Waals surface area contributed by atoms with E-state index in [0.717, 1.165) is 11.1 Å². The first-order valence-electron chi connectivity index (χ1n) is 11.1. The van der Waals surface area contributed by atoms with Crippen molar-refractivity contribution in [2.75, 3.05) is 13.1 Å². The van der Waals surface area contributed by atoms with E-state index in [1.807, 2.05) is 43.9 Å². The van der Waals surface area contributed by atoms with Crippen molar-refractivity contribution in [2.24, 2.45) is 0 Å². The molecule has 1 aliphatic heterocycles. The van der Waals surface area contributed by atoms with Crippen molar-refractivity contribution in [3.8, 4) is 6.07 Å². The van der Waals surface area contributed by atoms with Crippen molar-refractivity contribution in [1.29, 1.82) is 5.26 Å². The molecule has 2 amide bonds. The number of amides is 2. The molecule has 0 unspecified atom stereocenters. The molecule has 1 aromatic heterocycles. The molecule has 0 bridgehead atoms. The molecule has 1 aromatic carbocycles. The minimum atomic E-state index is -0.547. The van der Waals surface area contributed by atoms with Gasteiger partial charge in [0.25, 0.3) is 5.91 Å². The normalized spacial score (nSPS) is 14.3. The van der Waals surface area contributed by atoms with Crippen LogP contribution in [0.4, 0.5) is 4.79 Å². The fraction of sp³-hybridized carbons (Fsp3) is 0.385. The Balaban J connectivity index is 1.78. The molecule has 0 aliphatic carbocycles. The van der Waals surface area contributed by atoms with Gasteiger partial charge in [-0.1, -0.05) is 30.9 Å². The molecule has 1 aliphatic rings. The second-order valence-electron chi connectivity index (χ2n) is 9.12. The van der Waals surface area contributed by atoms with Gasteiger partial charge in [-0.25, -0.2) is 4.79 Å². The lowest BCUT2D eigenvalue weighted by Crippen LogP contribution is -2.49. The number of carbonyl (C=O) groups is 2. The predicted octanol–water partition coefficient (Wildman–Crippen LogP) is 4.64. The van der Waals surface area contributed by atoms with Crippen molar-refractivity contribution in [3.63, 3.8) is 0 Å². The second kappa shape index (κ2) is 10.3. The summed E-state index contributed by atoms with van der Waals surface area (Å²) in [5.41, 5.74) is 2.16. The summed E-state index contributed by atoms with van der Waals surface area (Å²) < 4.78 is 5.49. The van der Waals surface area contributed by atoms with Crippen LogP contribution in [0.2, 0.25) is 0 Å². The Labute approximate surface area is 195 Å². The molecule has 7 nitrogen and oxygen atoms in total. The smallest absolute Gasteiger partial charge is 0.410 e. The molecule has 0 N–H and O–H groups in total. The number of aromatic nitrogens is 1. The van der Waals surface area contributed by atoms with Gasteiger partial charge in [0, 0.05) is 31.9 Å². The standard InChI is InChI=1S/C26H30N4O3/c1-5-19-10-11-23(28-17-19)24(31)30(18-21-8-6-20(16-27)7-9-21)22-12-14-29(15-13-22)25(32)33-26(2,3)4/h5-11,17,22H,1,12-15,18H2,2-4H3.